The van der Waals surface area contributed by atoms with Gasteiger partial charge in [0.25, 0.3) is 0 Å². The molecule has 80 heavy (non-hydrogen) atoms. The van der Waals surface area contributed by atoms with E-state index in [0.29, 0.717) is 154 Å². The van der Waals surface area contributed by atoms with Crippen molar-refractivity contribution in [3.63, 3.8) is 0 Å². The summed E-state index contributed by atoms with van der Waals surface area (Å²) < 4.78 is 36.0. The number of anilines is 5. The van der Waals surface area contributed by atoms with E-state index in [9.17, 15) is 28.4 Å². The van der Waals surface area contributed by atoms with Gasteiger partial charge in [0.1, 0.15) is 36.1 Å². The minimum Gasteiger partial charge on any atom is -0.487 e. The summed E-state index contributed by atoms with van der Waals surface area (Å²) in [6, 6.07) is 20.8. The highest BCUT2D eigenvalue weighted by atomic mass is 35.5. The van der Waals surface area contributed by atoms with Crippen LogP contribution in [0.1, 0.15) is 82.6 Å². The zero-order valence-electron chi connectivity index (χ0n) is 45.8. The van der Waals surface area contributed by atoms with Gasteiger partial charge in [-0.1, -0.05) is 42.3 Å². The molecule has 0 bridgehead atoms. The molecule has 434 valence electrons. The molecule has 0 unspecified atom stereocenters. The molecule has 3 atom stereocenters. The summed E-state index contributed by atoms with van der Waals surface area (Å²) in [6.07, 6.45) is 13.0. The van der Waals surface area contributed by atoms with E-state index < -0.39 is 0 Å². The summed E-state index contributed by atoms with van der Waals surface area (Å²) in [7, 11) is 1.97. The van der Waals surface area contributed by atoms with Gasteiger partial charge in [-0.15, -0.1) is 0 Å². The number of halogens is 2. The number of hydrogen-bond donors (Lipinski definition) is 7. The molecule has 0 aliphatic carbocycles. The van der Waals surface area contributed by atoms with E-state index in [4.69, 9.17) is 30.5 Å². The van der Waals surface area contributed by atoms with E-state index in [1.165, 1.54) is 24.5 Å². The van der Waals surface area contributed by atoms with E-state index >= 15 is 0 Å². The number of benzene rings is 3. The van der Waals surface area contributed by atoms with Crippen molar-refractivity contribution < 1.29 is 47.3 Å². The van der Waals surface area contributed by atoms with Crippen molar-refractivity contribution in [2.75, 3.05) is 101 Å². The Morgan fingerprint density at radius 3 is 2.06 bits per heavy atom. The third-order valence-electron chi connectivity index (χ3n) is 13.1. The lowest BCUT2D eigenvalue weighted by Crippen LogP contribution is -2.29. The second kappa shape index (κ2) is 36.1. The zero-order valence-corrected chi connectivity index (χ0v) is 47.3. The Labute approximate surface area is 478 Å². The van der Waals surface area contributed by atoms with Gasteiger partial charge in [0.15, 0.2) is 0 Å². The van der Waals surface area contributed by atoms with Gasteiger partial charge in [0.05, 0.1) is 31.5 Å². The molecule has 6 rings (SSSR count). The van der Waals surface area contributed by atoms with Crippen LogP contribution in [0.3, 0.4) is 0 Å². The minimum absolute atomic E-state index is 0.0735. The fraction of sp³-hybridized carbons (Fsp3) is 0.500. The number of hydrogen-bond acceptors (Lipinski definition) is 15. The molecule has 3 heterocycles. The fourth-order valence-corrected chi connectivity index (χ4v) is 10.8. The van der Waals surface area contributed by atoms with E-state index in [1.807, 2.05) is 30.9 Å². The van der Waals surface area contributed by atoms with E-state index in [0.717, 1.165) is 50.8 Å². The van der Waals surface area contributed by atoms with Gasteiger partial charge in [0, 0.05) is 117 Å². The number of amides is 5. The van der Waals surface area contributed by atoms with Gasteiger partial charge in [-0.2, -0.15) is 11.8 Å². The smallest absolute Gasteiger partial charge is 0.248 e. The first-order chi connectivity index (χ1) is 38.9. The van der Waals surface area contributed by atoms with Crippen LogP contribution in [0.15, 0.2) is 91.3 Å². The van der Waals surface area contributed by atoms with Gasteiger partial charge < -0.3 is 61.1 Å². The molecule has 5 amide bonds. The van der Waals surface area contributed by atoms with Crippen LogP contribution in [0.4, 0.5) is 33.1 Å². The summed E-state index contributed by atoms with van der Waals surface area (Å²) >= 11 is 8.43. The van der Waals surface area contributed by atoms with E-state index in [1.54, 1.807) is 54.6 Å². The van der Waals surface area contributed by atoms with Gasteiger partial charge in [-0.3, -0.25) is 24.0 Å². The fourth-order valence-electron chi connectivity index (χ4n) is 8.88. The Kier molecular flexibility index (Phi) is 28.3. The highest BCUT2D eigenvalue weighted by Gasteiger charge is 2.42. The number of ether oxygens (including phenoxy) is 4. The first-order valence-electron chi connectivity index (χ1n) is 27.7. The summed E-state index contributed by atoms with van der Waals surface area (Å²) in [5, 5.41) is 22.1. The first-order valence-corrected chi connectivity index (χ1v) is 29.1. The van der Waals surface area contributed by atoms with Crippen LogP contribution in [0, 0.1) is 11.7 Å². The van der Waals surface area contributed by atoms with E-state index in [2.05, 4.69) is 52.1 Å². The molecule has 4 aromatic rings. The summed E-state index contributed by atoms with van der Waals surface area (Å²) in [5.74, 6) is 2.47. The SMILES string of the molecule is CN(C/C=C/C(=O)Nc1cccc(Nc2cc(Nc3ccc(OCc4cccc(F)c4)c(Cl)c3)ncn2)c1)CCCCNC(=O)CCCC(=O)NCCCOCCOCCOCCCNC(=O)CCCC[C@@H]1SC[C@@H]2NC(=O)C[C@@H]21. The van der Waals surface area contributed by atoms with Crippen LogP contribution in [-0.2, 0) is 44.8 Å². The molecule has 0 saturated carbocycles. The number of rotatable bonds is 39. The maximum absolute atomic E-state index is 13.5. The van der Waals surface area contributed by atoms with Gasteiger partial charge in [-0.25, -0.2) is 14.4 Å². The molecule has 0 spiro atoms. The standard InChI is InChI=1S/C58H78ClFN10O9S/c1-70(27-9-20-57(74)68-45-15-7-14-44(35-45)66-52-38-53(65-41-64-52)67-46-21-22-50(48(59)36-46)79-39-42-12-6-13-43(60)34-42)26-5-4-23-61-55(72)18-8-19-56(73)63-25-11-29-77-31-33-78-32-30-76-28-10-24-62-54(71)17-3-2-16-51-47-37-58(75)69-49(47)40-80-51/h6-7,9,12-15,20-22,34-36,38,41,47,49,51H,2-5,8,10-11,16-19,23-33,37,39-40H2,1H3,(H,61,72)(H,62,71)(H,63,73)(H,68,74)(H,69,75)(H2,64,65,66,67)/b20-9+/t47-,49-,51-/m0/s1. The number of fused-ring (bicyclic) bond motifs is 1. The Bertz CT molecular complexity index is 2600. The maximum Gasteiger partial charge on any atom is 0.248 e. The molecule has 3 aromatic carbocycles. The third-order valence-corrected chi connectivity index (χ3v) is 14.9. The number of nitrogens with zero attached hydrogens (tertiary/aromatic N) is 3. The molecule has 7 N–H and O–H groups in total. The molecule has 2 aliphatic rings. The normalized spacial score (nSPS) is 15.6. The monoisotopic (exact) mass is 1140 g/mol. The average Bonchev–Trinajstić information content (AvgIpc) is 4.04. The van der Waals surface area contributed by atoms with Crippen LogP contribution in [0.5, 0.6) is 5.75 Å². The number of thioether (sulfide) groups is 1. The summed E-state index contributed by atoms with van der Waals surface area (Å²) in [5.41, 5.74) is 2.67. The molecule has 0 radical (unpaired) electrons. The van der Waals surface area contributed by atoms with Crippen molar-refractivity contribution in [3.8, 4) is 5.75 Å². The molecule has 22 heteroatoms. The van der Waals surface area contributed by atoms with Crippen LogP contribution in [0.2, 0.25) is 5.02 Å². The maximum atomic E-state index is 13.5. The highest BCUT2D eigenvalue weighted by Crippen LogP contribution is 2.40. The Hall–Kier alpha value is -6.36. The molecule has 2 aliphatic heterocycles. The van der Waals surface area contributed by atoms with E-state index in [-0.39, 0.29) is 54.8 Å². The van der Waals surface area contributed by atoms with Crippen LogP contribution >= 0.6 is 23.4 Å². The lowest BCUT2D eigenvalue weighted by molar-refractivity contribution is -0.123. The predicted molar refractivity (Wildman–Crippen MR) is 311 cm³/mol. The lowest BCUT2D eigenvalue weighted by atomic mass is 9.94. The van der Waals surface area contributed by atoms with Crippen molar-refractivity contribution in [2.45, 2.75) is 94.9 Å². The van der Waals surface area contributed by atoms with Crippen molar-refractivity contribution in [3.05, 3.63) is 108 Å². The van der Waals surface area contributed by atoms with Crippen molar-refractivity contribution in [2.24, 2.45) is 5.92 Å². The molecule has 2 saturated heterocycles. The topological polar surface area (TPSA) is 235 Å². The number of unbranched alkanes of at least 4 members (excludes halogenated alkanes) is 2. The van der Waals surface area contributed by atoms with Crippen LogP contribution < -0.4 is 42.0 Å². The van der Waals surface area contributed by atoms with Gasteiger partial charge >= 0.3 is 0 Å². The number of likely N-dealkylation sites (N-methyl/N-ethyl adjacent to an activating group) is 1. The first kappa shape index (κ1) is 62.8. The quantitative estimate of drug-likeness (QED) is 0.0165. The number of aromatic nitrogens is 2. The van der Waals surface area contributed by atoms with Gasteiger partial charge in [0.2, 0.25) is 29.5 Å². The second-order valence-electron chi connectivity index (χ2n) is 19.7. The predicted octanol–water partition coefficient (Wildman–Crippen LogP) is 8.07. The lowest BCUT2D eigenvalue weighted by Gasteiger charge is -2.15. The Balaban J connectivity index is 0.685. The van der Waals surface area contributed by atoms with Crippen molar-refractivity contribution in [1.82, 2.24) is 36.1 Å². The van der Waals surface area contributed by atoms with Crippen LogP contribution in [-0.4, -0.2) is 141 Å². The molecule has 2 fully saturated rings. The van der Waals surface area contributed by atoms with Gasteiger partial charge in [-0.05, 0) is 113 Å². The highest BCUT2D eigenvalue weighted by molar-refractivity contribution is 8.00. The second-order valence-corrected chi connectivity index (χ2v) is 21.3. The number of nitrogens with one attached hydrogen (secondary N) is 7. The average molecular weight is 1150 g/mol. The minimum atomic E-state index is -0.332. The molecular weight excluding hydrogens is 1070 g/mol. The summed E-state index contributed by atoms with van der Waals surface area (Å²) in [6.45, 7) is 6.06. The number of carbonyl (C=O) groups is 5. The van der Waals surface area contributed by atoms with Crippen LogP contribution in [0.25, 0.3) is 0 Å². The summed E-state index contributed by atoms with van der Waals surface area (Å²) in [4.78, 5) is 71.8. The molecular formula is C58H78ClFN10O9S. The van der Waals surface area contributed by atoms with Crippen molar-refractivity contribution >= 4 is 81.6 Å². The molecule has 1 aromatic heterocycles. The Morgan fingerprint density at radius 2 is 1.38 bits per heavy atom. The largest absolute Gasteiger partial charge is 0.487 e. The Morgan fingerprint density at radius 1 is 0.738 bits per heavy atom. The zero-order chi connectivity index (χ0) is 56.6. The third kappa shape index (κ3) is 25.0. The van der Waals surface area contributed by atoms with Crippen molar-refractivity contribution in [1.29, 1.82) is 0 Å². The molecule has 19 nitrogen and oxygen atoms in total. The number of carbonyl (C=O) groups excluding carboxylic acids is 5.